The third-order valence-corrected chi connectivity index (χ3v) is 4.25. The molecule has 0 aromatic heterocycles. The molecule has 0 amide bonds. The van der Waals surface area contributed by atoms with E-state index >= 15 is 0 Å². The van der Waals surface area contributed by atoms with Gasteiger partial charge >= 0.3 is 0 Å². The molecule has 2 aliphatic rings. The van der Waals surface area contributed by atoms with Crippen molar-refractivity contribution in [3.05, 3.63) is 0 Å². The first-order chi connectivity index (χ1) is 8.74. The van der Waals surface area contributed by atoms with Gasteiger partial charge in [-0.3, -0.25) is 4.90 Å². The molecule has 18 heavy (non-hydrogen) atoms. The van der Waals surface area contributed by atoms with Crippen molar-refractivity contribution in [1.29, 1.82) is 0 Å². The Morgan fingerprint density at radius 3 is 2.17 bits per heavy atom. The van der Waals surface area contributed by atoms with Crippen LogP contribution >= 0.6 is 0 Å². The number of nitrogens with two attached hydrogens (primary N) is 1. The van der Waals surface area contributed by atoms with Crippen molar-refractivity contribution in [2.45, 2.75) is 70.4 Å². The lowest BCUT2D eigenvalue weighted by molar-refractivity contribution is -0.143. The van der Waals surface area contributed by atoms with Crippen molar-refractivity contribution < 1.29 is 9.47 Å². The number of hydrogen-bond acceptors (Lipinski definition) is 4. The highest BCUT2D eigenvalue weighted by molar-refractivity contribution is 4.96. The predicted molar refractivity (Wildman–Crippen MR) is 72.4 cm³/mol. The van der Waals surface area contributed by atoms with Crippen LogP contribution in [0.25, 0.3) is 0 Å². The zero-order valence-electron chi connectivity index (χ0n) is 11.8. The van der Waals surface area contributed by atoms with Gasteiger partial charge < -0.3 is 15.2 Å². The summed E-state index contributed by atoms with van der Waals surface area (Å²) in [6, 6.07) is 1.85. The van der Waals surface area contributed by atoms with E-state index in [0.29, 0.717) is 18.1 Å². The molecule has 0 aromatic carbocycles. The van der Waals surface area contributed by atoms with E-state index in [1.54, 1.807) is 0 Å². The third kappa shape index (κ3) is 3.44. The molecule has 0 radical (unpaired) electrons. The van der Waals surface area contributed by atoms with E-state index in [1.165, 1.54) is 25.7 Å². The summed E-state index contributed by atoms with van der Waals surface area (Å²) in [7, 11) is 0. The van der Waals surface area contributed by atoms with Gasteiger partial charge in [0.05, 0.1) is 0 Å². The van der Waals surface area contributed by atoms with Gasteiger partial charge in [-0.15, -0.1) is 0 Å². The van der Waals surface area contributed by atoms with Gasteiger partial charge in [-0.1, -0.05) is 0 Å². The van der Waals surface area contributed by atoms with Crippen LogP contribution in [0.3, 0.4) is 0 Å². The molecule has 4 nitrogen and oxygen atoms in total. The maximum atomic E-state index is 6.09. The molecule has 0 spiro atoms. The molecule has 2 fully saturated rings. The SMILES string of the molecule is CCOC(CCN1C2CCC1CC(N)C2)OCC. The molecule has 0 aliphatic carbocycles. The molecule has 0 saturated carbocycles. The number of rotatable bonds is 7. The van der Waals surface area contributed by atoms with Crippen LogP contribution in [0.4, 0.5) is 0 Å². The Morgan fingerprint density at radius 1 is 1.11 bits per heavy atom. The molecule has 2 saturated heterocycles. The molecule has 2 N–H and O–H groups in total. The number of fused-ring (bicyclic) bond motifs is 2. The van der Waals surface area contributed by atoms with Gasteiger partial charge in [0.25, 0.3) is 0 Å². The molecule has 106 valence electrons. The lowest BCUT2D eigenvalue weighted by Crippen LogP contribution is -2.48. The van der Waals surface area contributed by atoms with Crippen molar-refractivity contribution in [2.24, 2.45) is 5.73 Å². The second kappa shape index (κ2) is 6.85. The van der Waals surface area contributed by atoms with Crippen LogP contribution in [0.15, 0.2) is 0 Å². The minimum absolute atomic E-state index is 0.0324. The fraction of sp³-hybridized carbons (Fsp3) is 1.00. The van der Waals surface area contributed by atoms with Crippen LogP contribution < -0.4 is 5.73 Å². The summed E-state index contributed by atoms with van der Waals surface area (Å²) in [5.74, 6) is 0. The second-order valence-electron chi connectivity index (χ2n) is 5.48. The van der Waals surface area contributed by atoms with E-state index in [0.717, 1.165) is 26.2 Å². The molecular formula is C14H28N2O2. The molecule has 2 heterocycles. The summed E-state index contributed by atoms with van der Waals surface area (Å²) in [6.07, 6.45) is 5.94. The maximum absolute atomic E-state index is 6.09. The molecule has 2 bridgehead atoms. The van der Waals surface area contributed by atoms with E-state index in [2.05, 4.69) is 4.90 Å². The van der Waals surface area contributed by atoms with Gasteiger partial charge in [0.1, 0.15) is 0 Å². The average molecular weight is 256 g/mol. The van der Waals surface area contributed by atoms with E-state index in [-0.39, 0.29) is 6.29 Å². The van der Waals surface area contributed by atoms with Crippen LogP contribution in [-0.4, -0.2) is 49.1 Å². The minimum Gasteiger partial charge on any atom is -0.353 e. The summed E-state index contributed by atoms with van der Waals surface area (Å²) >= 11 is 0. The quantitative estimate of drug-likeness (QED) is 0.705. The minimum atomic E-state index is -0.0324. The van der Waals surface area contributed by atoms with Gasteiger partial charge in [-0.2, -0.15) is 0 Å². The Morgan fingerprint density at radius 2 is 1.67 bits per heavy atom. The second-order valence-corrected chi connectivity index (χ2v) is 5.48. The lowest BCUT2D eigenvalue weighted by atomic mass is 9.98. The van der Waals surface area contributed by atoms with E-state index in [4.69, 9.17) is 15.2 Å². The summed E-state index contributed by atoms with van der Waals surface area (Å²) in [6.45, 7) is 6.59. The van der Waals surface area contributed by atoms with Crippen LogP contribution in [0.5, 0.6) is 0 Å². The Kier molecular flexibility index (Phi) is 5.42. The van der Waals surface area contributed by atoms with Gasteiger partial charge in [-0.05, 0) is 39.5 Å². The first kappa shape index (κ1) is 14.3. The summed E-state index contributed by atoms with van der Waals surface area (Å²) in [5, 5.41) is 0. The molecule has 4 heteroatoms. The standard InChI is InChI=1S/C14H28N2O2/c1-3-17-14(18-4-2)7-8-16-12-5-6-13(16)10-11(15)9-12/h11-14H,3-10,15H2,1-2H3. The molecule has 2 unspecified atom stereocenters. The highest BCUT2D eigenvalue weighted by Gasteiger charge is 2.39. The molecule has 2 atom stereocenters. The van der Waals surface area contributed by atoms with Crippen LogP contribution in [0.1, 0.15) is 46.0 Å². The highest BCUT2D eigenvalue weighted by Crippen LogP contribution is 2.35. The predicted octanol–water partition coefficient (Wildman–Crippen LogP) is 1.73. The van der Waals surface area contributed by atoms with Crippen LogP contribution in [0.2, 0.25) is 0 Å². The topological polar surface area (TPSA) is 47.7 Å². The first-order valence-corrected chi connectivity index (χ1v) is 7.49. The first-order valence-electron chi connectivity index (χ1n) is 7.49. The normalized spacial score (nSPS) is 32.3. The number of piperidine rings is 1. The van der Waals surface area contributed by atoms with E-state index in [9.17, 15) is 0 Å². The smallest absolute Gasteiger partial charge is 0.158 e. The third-order valence-electron chi connectivity index (χ3n) is 4.25. The number of hydrogen-bond donors (Lipinski definition) is 1. The molecule has 2 aliphatic heterocycles. The van der Waals surface area contributed by atoms with Gasteiger partial charge in [0.15, 0.2) is 6.29 Å². The molecular weight excluding hydrogens is 228 g/mol. The number of ether oxygens (including phenoxy) is 2. The summed E-state index contributed by atoms with van der Waals surface area (Å²) in [4.78, 5) is 2.65. The lowest BCUT2D eigenvalue weighted by Gasteiger charge is -2.38. The van der Waals surface area contributed by atoms with Gasteiger partial charge in [0.2, 0.25) is 0 Å². The van der Waals surface area contributed by atoms with Crippen LogP contribution in [-0.2, 0) is 9.47 Å². The zero-order valence-corrected chi connectivity index (χ0v) is 11.8. The van der Waals surface area contributed by atoms with Crippen molar-refractivity contribution in [3.63, 3.8) is 0 Å². The Bertz CT molecular complexity index is 230. The largest absolute Gasteiger partial charge is 0.353 e. The Hall–Kier alpha value is -0.160. The van der Waals surface area contributed by atoms with Crippen molar-refractivity contribution in [3.8, 4) is 0 Å². The van der Waals surface area contributed by atoms with Crippen LogP contribution in [0, 0.1) is 0 Å². The fourth-order valence-electron chi connectivity index (χ4n) is 3.52. The summed E-state index contributed by atoms with van der Waals surface area (Å²) in [5.41, 5.74) is 6.09. The van der Waals surface area contributed by atoms with Gasteiger partial charge in [0, 0.05) is 44.3 Å². The Balaban J connectivity index is 1.79. The van der Waals surface area contributed by atoms with Crippen molar-refractivity contribution in [1.82, 2.24) is 4.90 Å². The summed E-state index contributed by atoms with van der Waals surface area (Å²) < 4.78 is 11.2. The monoisotopic (exact) mass is 256 g/mol. The van der Waals surface area contributed by atoms with Crippen molar-refractivity contribution >= 4 is 0 Å². The van der Waals surface area contributed by atoms with Gasteiger partial charge in [-0.25, -0.2) is 0 Å². The zero-order chi connectivity index (χ0) is 13.0. The maximum Gasteiger partial charge on any atom is 0.158 e. The number of nitrogens with zero attached hydrogens (tertiary/aromatic N) is 1. The highest BCUT2D eigenvalue weighted by atomic mass is 16.7. The van der Waals surface area contributed by atoms with E-state index < -0.39 is 0 Å². The molecule has 0 aromatic rings. The average Bonchev–Trinajstić information content (AvgIpc) is 2.57. The van der Waals surface area contributed by atoms with Crippen molar-refractivity contribution in [2.75, 3.05) is 19.8 Å². The Labute approximate surface area is 111 Å². The fourth-order valence-corrected chi connectivity index (χ4v) is 3.52. The van der Waals surface area contributed by atoms with E-state index in [1.807, 2.05) is 13.8 Å². The molecule has 2 rings (SSSR count).